The van der Waals surface area contributed by atoms with Crippen molar-refractivity contribution in [1.29, 1.82) is 0 Å². The van der Waals surface area contributed by atoms with Gasteiger partial charge in [-0.25, -0.2) is 0 Å². The molecular weight excluding hydrogens is 290 g/mol. The van der Waals surface area contributed by atoms with Crippen LogP contribution in [0.15, 0.2) is 47.7 Å². The minimum atomic E-state index is 0.674. The number of aromatic nitrogens is 2. The number of nitrogens with zero attached hydrogens (tertiary/aromatic N) is 3. The van der Waals surface area contributed by atoms with E-state index in [-0.39, 0.29) is 0 Å². The molecule has 1 aromatic carbocycles. The van der Waals surface area contributed by atoms with E-state index in [0.29, 0.717) is 13.2 Å². The lowest BCUT2D eigenvalue weighted by molar-refractivity contribution is 0.152. The lowest BCUT2D eigenvalue weighted by atomic mass is 10.1. The van der Waals surface area contributed by atoms with Crippen molar-refractivity contribution in [3.63, 3.8) is 0 Å². The predicted octanol–water partition coefficient (Wildman–Crippen LogP) is 1.63. The van der Waals surface area contributed by atoms with Crippen LogP contribution in [0.25, 0.3) is 0 Å². The Labute approximate surface area is 137 Å². The molecule has 0 aliphatic heterocycles. The van der Waals surface area contributed by atoms with E-state index in [2.05, 4.69) is 45.0 Å². The molecule has 0 unspecified atom stereocenters. The van der Waals surface area contributed by atoms with Gasteiger partial charge >= 0.3 is 0 Å². The summed E-state index contributed by atoms with van der Waals surface area (Å²) in [5, 5.41) is 10.8. The number of aliphatic imine (C=N–C) groups is 1. The predicted molar refractivity (Wildman–Crippen MR) is 92.5 cm³/mol. The topological polar surface area (TPSA) is 63.5 Å². The van der Waals surface area contributed by atoms with Crippen LogP contribution in [-0.2, 0) is 17.8 Å². The third kappa shape index (κ3) is 5.75. The molecule has 6 heteroatoms. The van der Waals surface area contributed by atoms with E-state index >= 15 is 0 Å². The van der Waals surface area contributed by atoms with E-state index < -0.39 is 0 Å². The van der Waals surface area contributed by atoms with Gasteiger partial charge in [0.1, 0.15) is 0 Å². The van der Waals surface area contributed by atoms with Gasteiger partial charge in [-0.05, 0) is 24.1 Å². The van der Waals surface area contributed by atoms with Crippen LogP contribution < -0.4 is 10.6 Å². The molecule has 1 aromatic heterocycles. The van der Waals surface area contributed by atoms with Gasteiger partial charge < -0.3 is 15.4 Å². The summed E-state index contributed by atoms with van der Waals surface area (Å²) in [4.78, 5) is 4.23. The third-order valence-electron chi connectivity index (χ3n) is 3.42. The van der Waals surface area contributed by atoms with Gasteiger partial charge in [-0.15, -0.1) is 0 Å². The van der Waals surface area contributed by atoms with Gasteiger partial charge in [-0.3, -0.25) is 9.67 Å². The first-order chi connectivity index (χ1) is 11.3. The number of hydrogen-bond donors (Lipinski definition) is 2. The van der Waals surface area contributed by atoms with E-state index in [1.165, 1.54) is 11.1 Å². The fourth-order valence-corrected chi connectivity index (χ4v) is 2.24. The van der Waals surface area contributed by atoms with Gasteiger partial charge in [0.25, 0.3) is 0 Å². The second-order valence-electron chi connectivity index (χ2n) is 5.02. The molecule has 0 saturated carbocycles. The Morgan fingerprint density at radius 1 is 1.22 bits per heavy atom. The molecule has 0 spiro atoms. The SMILES string of the molecule is CCOCCNC(=NC)NCc1ccccc1Cn1cccn1. The molecule has 0 aliphatic rings. The number of nitrogens with one attached hydrogen (secondary N) is 2. The third-order valence-corrected chi connectivity index (χ3v) is 3.42. The summed E-state index contributed by atoms with van der Waals surface area (Å²) >= 11 is 0. The first-order valence-corrected chi connectivity index (χ1v) is 7.90. The van der Waals surface area contributed by atoms with Crippen molar-refractivity contribution in [2.45, 2.75) is 20.0 Å². The maximum atomic E-state index is 5.31. The van der Waals surface area contributed by atoms with Crippen LogP contribution in [0, 0.1) is 0 Å². The van der Waals surface area contributed by atoms with Gasteiger partial charge in [0.2, 0.25) is 0 Å². The van der Waals surface area contributed by atoms with Crippen molar-refractivity contribution in [2.75, 3.05) is 26.8 Å². The van der Waals surface area contributed by atoms with Gasteiger partial charge in [-0.2, -0.15) is 5.10 Å². The monoisotopic (exact) mass is 315 g/mol. The molecular formula is C17H25N5O. The van der Waals surface area contributed by atoms with Crippen LogP contribution in [0.1, 0.15) is 18.1 Å². The van der Waals surface area contributed by atoms with Crippen LogP contribution >= 0.6 is 0 Å². The summed E-state index contributed by atoms with van der Waals surface area (Å²) in [6.45, 7) is 5.61. The Hall–Kier alpha value is -2.34. The second-order valence-corrected chi connectivity index (χ2v) is 5.02. The van der Waals surface area contributed by atoms with Crippen molar-refractivity contribution in [3.05, 3.63) is 53.9 Å². The van der Waals surface area contributed by atoms with Crippen LogP contribution in [0.5, 0.6) is 0 Å². The molecule has 1 heterocycles. The first-order valence-electron chi connectivity index (χ1n) is 7.90. The molecule has 0 bridgehead atoms. The summed E-state index contributed by atoms with van der Waals surface area (Å²) in [6.07, 6.45) is 3.77. The van der Waals surface area contributed by atoms with Gasteiger partial charge in [-0.1, -0.05) is 24.3 Å². The molecule has 0 amide bonds. The highest BCUT2D eigenvalue weighted by Crippen LogP contribution is 2.10. The van der Waals surface area contributed by atoms with Crippen LogP contribution in [-0.4, -0.2) is 42.5 Å². The minimum absolute atomic E-state index is 0.674. The zero-order chi connectivity index (χ0) is 16.3. The Balaban J connectivity index is 1.89. The smallest absolute Gasteiger partial charge is 0.191 e. The highest BCUT2D eigenvalue weighted by Gasteiger charge is 2.04. The Kier molecular flexibility index (Phi) is 7.13. The average Bonchev–Trinajstić information content (AvgIpc) is 3.08. The minimum Gasteiger partial charge on any atom is -0.380 e. The highest BCUT2D eigenvalue weighted by atomic mass is 16.5. The summed E-state index contributed by atoms with van der Waals surface area (Å²) in [5.41, 5.74) is 2.48. The lowest BCUT2D eigenvalue weighted by Crippen LogP contribution is -2.38. The van der Waals surface area contributed by atoms with E-state index in [1.54, 1.807) is 13.2 Å². The van der Waals surface area contributed by atoms with Crippen molar-refractivity contribution < 1.29 is 4.74 Å². The molecule has 2 N–H and O–H groups in total. The zero-order valence-electron chi connectivity index (χ0n) is 13.8. The first kappa shape index (κ1) is 17.0. The Morgan fingerprint density at radius 3 is 2.74 bits per heavy atom. The standard InChI is InChI=1S/C17H25N5O/c1-3-23-12-10-19-17(18-2)20-13-15-7-4-5-8-16(15)14-22-11-6-9-21-22/h4-9,11H,3,10,12-14H2,1-2H3,(H2,18,19,20). The van der Waals surface area contributed by atoms with Gasteiger partial charge in [0.05, 0.1) is 13.2 Å². The average molecular weight is 315 g/mol. The van der Waals surface area contributed by atoms with Gasteiger partial charge in [0.15, 0.2) is 5.96 Å². The molecule has 0 radical (unpaired) electrons. The second kappa shape index (κ2) is 9.63. The molecule has 0 aliphatic carbocycles. The summed E-state index contributed by atoms with van der Waals surface area (Å²) in [7, 11) is 1.77. The van der Waals surface area contributed by atoms with E-state index in [1.807, 2.05) is 23.9 Å². The molecule has 0 fully saturated rings. The van der Waals surface area contributed by atoms with Crippen molar-refractivity contribution in [1.82, 2.24) is 20.4 Å². The molecule has 23 heavy (non-hydrogen) atoms. The number of hydrogen-bond acceptors (Lipinski definition) is 3. The van der Waals surface area contributed by atoms with Crippen molar-refractivity contribution in [3.8, 4) is 0 Å². The molecule has 2 aromatic rings. The Bertz CT molecular complexity index is 595. The summed E-state index contributed by atoms with van der Waals surface area (Å²) in [6, 6.07) is 10.3. The lowest BCUT2D eigenvalue weighted by Gasteiger charge is -2.14. The molecule has 124 valence electrons. The van der Waals surface area contributed by atoms with E-state index in [4.69, 9.17) is 4.74 Å². The fourth-order valence-electron chi connectivity index (χ4n) is 2.24. The normalized spacial score (nSPS) is 11.5. The number of benzene rings is 1. The van der Waals surface area contributed by atoms with E-state index in [9.17, 15) is 0 Å². The zero-order valence-corrected chi connectivity index (χ0v) is 13.8. The van der Waals surface area contributed by atoms with Crippen LogP contribution in [0.3, 0.4) is 0 Å². The van der Waals surface area contributed by atoms with Crippen molar-refractivity contribution >= 4 is 5.96 Å². The van der Waals surface area contributed by atoms with E-state index in [0.717, 1.165) is 25.7 Å². The number of guanidine groups is 1. The largest absolute Gasteiger partial charge is 0.380 e. The fraction of sp³-hybridized carbons (Fsp3) is 0.412. The number of ether oxygens (including phenoxy) is 1. The van der Waals surface area contributed by atoms with Crippen molar-refractivity contribution in [2.24, 2.45) is 4.99 Å². The van der Waals surface area contributed by atoms with Crippen LogP contribution in [0.2, 0.25) is 0 Å². The maximum Gasteiger partial charge on any atom is 0.191 e. The van der Waals surface area contributed by atoms with Gasteiger partial charge in [0, 0.05) is 39.1 Å². The summed E-state index contributed by atoms with van der Waals surface area (Å²) < 4.78 is 7.24. The molecule has 0 saturated heterocycles. The molecule has 0 atom stereocenters. The highest BCUT2D eigenvalue weighted by molar-refractivity contribution is 5.79. The maximum absolute atomic E-state index is 5.31. The number of rotatable bonds is 8. The molecule has 6 nitrogen and oxygen atoms in total. The molecule has 2 rings (SSSR count). The quantitative estimate of drug-likeness (QED) is 0.441. The Morgan fingerprint density at radius 2 is 2.04 bits per heavy atom. The summed E-state index contributed by atoms with van der Waals surface area (Å²) in [5.74, 6) is 0.776. The van der Waals surface area contributed by atoms with Crippen LogP contribution in [0.4, 0.5) is 0 Å².